The minimum atomic E-state index is -0.271. The number of thiazole rings is 1. The molecule has 2 aromatic heterocycles. The molecule has 0 aliphatic heterocycles. The maximum atomic E-state index is 12.7. The molecule has 2 aromatic carbocycles. The maximum absolute atomic E-state index is 12.7. The van der Waals surface area contributed by atoms with Crippen LogP contribution in [0.4, 0.5) is 5.69 Å². The number of ether oxygens (including phenoxy) is 2. The van der Waals surface area contributed by atoms with E-state index in [0.29, 0.717) is 22.7 Å². The fraction of sp³-hybridized carbons (Fsp3) is 0.0952. The Morgan fingerprint density at radius 2 is 1.86 bits per heavy atom. The number of nitrogens with one attached hydrogen (secondary N) is 1. The van der Waals surface area contributed by atoms with E-state index in [-0.39, 0.29) is 5.91 Å². The smallest absolute Gasteiger partial charge is 0.259 e. The van der Waals surface area contributed by atoms with Gasteiger partial charge in [-0.05, 0) is 54.6 Å². The van der Waals surface area contributed by atoms with E-state index >= 15 is 0 Å². The fourth-order valence-electron chi connectivity index (χ4n) is 2.78. The third-order valence-corrected chi connectivity index (χ3v) is 5.24. The Labute approximate surface area is 165 Å². The molecule has 7 heteroatoms. The monoisotopic (exact) mass is 391 g/mol. The number of hydrogen-bond acceptors (Lipinski definition) is 6. The third-order valence-electron chi connectivity index (χ3n) is 4.21. The van der Waals surface area contributed by atoms with E-state index in [9.17, 15) is 4.79 Å². The van der Waals surface area contributed by atoms with Crippen LogP contribution in [0.25, 0.3) is 20.9 Å². The predicted octanol–water partition coefficient (Wildman–Crippen LogP) is 4.63. The van der Waals surface area contributed by atoms with Crippen molar-refractivity contribution in [3.63, 3.8) is 0 Å². The van der Waals surface area contributed by atoms with E-state index in [0.717, 1.165) is 20.9 Å². The topological polar surface area (TPSA) is 73.3 Å². The number of aromatic nitrogens is 2. The Balaban J connectivity index is 1.55. The number of fused-ring (bicyclic) bond motifs is 1. The summed E-state index contributed by atoms with van der Waals surface area (Å²) in [4.78, 5) is 22.5. The molecule has 4 rings (SSSR count). The molecule has 0 aliphatic rings. The van der Waals surface area contributed by atoms with Gasteiger partial charge in [-0.3, -0.25) is 4.79 Å². The lowest BCUT2D eigenvalue weighted by Crippen LogP contribution is -2.13. The van der Waals surface area contributed by atoms with Gasteiger partial charge in [-0.15, -0.1) is 0 Å². The molecule has 1 amide bonds. The van der Waals surface area contributed by atoms with Gasteiger partial charge >= 0.3 is 0 Å². The van der Waals surface area contributed by atoms with Crippen LogP contribution in [0.5, 0.6) is 11.5 Å². The number of carbonyl (C=O) groups is 1. The number of methoxy groups -OCH3 is 2. The van der Waals surface area contributed by atoms with Crippen molar-refractivity contribution in [1.82, 2.24) is 9.97 Å². The SMILES string of the molecule is COc1ccc(OC)c(C(=O)Nc2ccc(-c3nc4cccnc4s3)cc2)c1. The summed E-state index contributed by atoms with van der Waals surface area (Å²) < 4.78 is 10.5. The van der Waals surface area contributed by atoms with E-state index < -0.39 is 0 Å². The normalized spacial score (nSPS) is 10.6. The van der Waals surface area contributed by atoms with Crippen molar-refractivity contribution in [1.29, 1.82) is 0 Å². The molecule has 0 saturated heterocycles. The summed E-state index contributed by atoms with van der Waals surface area (Å²) in [7, 11) is 3.08. The molecule has 0 spiro atoms. The number of benzene rings is 2. The molecule has 0 radical (unpaired) electrons. The Morgan fingerprint density at radius 3 is 2.57 bits per heavy atom. The molecule has 2 heterocycles. The summed E-state index contributed by atoms with van der Waals surface area (Å²) in [5, 5.41) is 3.78. The Kier molecular flexibility index (Phi) is 4.90. The molecule has 0 bridgehead atoms. The lowest BCUT2D eigenvalue weighted by Gasteiger charge is -2.11. The second kappa shape index (κ2) is 7.66. The Morgan fingerprint density at radius 1 is 1.04 bits per heavy atom. The summed E-state index contributed by atoms with van der Waals surface area (Å²) in [5.74, 6) is 0.801. The van der Waals surface area contributed by atoms with Gasteiger partial charge in [0.2, 0.25) is 0 Å². The second-order valence-electron chi connectivity index (χ2n) is 5.94. The first-order chi connectivity index (χ1) is 13.7. The third kappa shape index (κ3) is 3.52. The molecule has 0 aliphatic carbocycles. The van der Waals surface area contributed by atoms with Crippen molar-refractivity contribution in [2.75, 3.05) is 19.5 Å². The van der Waals surface area contributed by atoms with Crippen LogP contribution in [0, 0.1) is 0 Å². The highest BCUT2D eigenvalue weighted by Gasteiger charge is 2.14. The van der Waals surface area contributed by atoms with Gasteiger partial charge in [0.15, 0.2) is 0 Å². The highest BCUT2D eigenvalue weighted by atomic mass is 32.1. The first-order valence-electron chi connectivity index (χ1n) is 8.53. The van der Waals surface area contributed by atoms with Crippen molar-refractivity contribution in [2.45, 2.75) is 0 Å². The van der Waals surface area contributed by atoms with Crippen molar-refractivity contribution < 1.29 is 14.3 Å². The molecular weight excluding hydrogens is 374 g/mol. The molecule has 0 saturated carbocycles. The first-order valence-corrected chi connectivity index (χ1v) is 9.35. The van der Waals surface area contributed by atoms with Crippen LogP contribution in [0.15, 0.2) is 60.8 Å². The van der Waals surface area contributed by atoms with Gasteiger partial charge in [-0.2, -0.15) is 0 Å². The van der Waals surface area contributed by atoms with Gasteiger partial charge in [0.05, 0.1) is 19.8 Å². The molecule has 0 unspecified atom stereocenters. The maximum Gasteiger partial charge on any atom is 0.259 e. The number of anilines is 1. The number of pyridine rings is 1. The van der Waals surface area contributed by atoms with Crippen LogP contribution in [0.3, 0.4) is 0 Å². The Hall–Kier alpha value is -3.45. The molecular formula is C21H17N3O3S. The van der Waals surface area contributed by atoms with E-state index in [1.165, 1.54) is 18.4 Å². The van der Waals surface area contributed by atoms with Crippen molar-refractivity contribution in [3.8, 4) is 22.1 Å². The average Bonchev–Trinajstić information content (AvgIpc) is 3.18. The standard InChI is InChI=1S/C21H17N3O3S/c1-26-15-9-10-18(27-2)16(12-15)19(25)23-14-7-5-13(6-8-14)20-24-17-4-3-11-22-21(17)28-20/h3-12H,1-2H3,(H,23,25). The van der Waals surface area contributed by atoms with Gasteiger partial charge in [0, 0.05) is 17.4 Å². The second-order valence-corrected chi connectivity index (χ2v) is 6.92. The van der Waals surface area contributed by atoms with Gasteiger partial charge in [-0.25, -0.2) is 9.97 Å². The molecule has 6 nitrogen and oxygen atoms in total. The van der Waals surface area contributed by atoms with Crippen LogP contribution >= 0.6 is 11.3 Å². The molecule has 28 heavy (non-hydrogen) atoms. The van der Waals surface area contributed by atoms with Crippen molar-refractivity contribution in [2.24, 2.45) is 0 Å². The summed E-state index contributed by atoms with van der Waals surface area (Å²) >= 11 is 1.54. The van der Waals surface area contributed by atoms with Crippen LogP contribution in [-0.2, 0) is 0 Å². The molecule has 4 aromatic rings. The van der Waals surface area contributed by atoms with E-state index in [1.807, 2.05) is 36.4 Å². The zero-order chi connectivity index (χ0) is 19.5. The largest absolute Gasteiger partial charge is 0.497 e. The summed E-state index contributed by atoms with van der Waals surface area (Å²) in [6.07, 6.45) is 1.76. The number of hydrogen-bond donors (Lipinski definition) is 1. The number of nitrogens with zero attached hydrogens (tertiary/aromatic N) is 2. The van der Waals surface area contributed by atoms with Crippen LogP contribution in [0.2, 0.25) is 0 Å². The number of carbonyl (C=O) groups excluding carboxylic acids is 1. The highest BCUT2D eigenvalue weighted by molar-refractivity contribution is 7.21. The fourth-order valence-corrected chi connectivity index (χ4v) is 3.69. The summed E-state index contributed by atoms with van der Waals surface area (Å²) in [6, 6.07) is 16.5. The van der Waals surface area contributed by atoms with Crippen molar-refractivity contribution in [3.05, 3.63) is 66.4 Å². The molecule has 1 N–H and O–H groups in total. The molecule has 0 fully saturated rings. The minimum absolute atomic E-state index is 0.271. The number of amides is 1. The van der Waals surface area contributed by atoms with Crippen molar-refractivity contribution >= 4 is 33.3 Å². The lowest BCUT2D eigenvalue weighted by molar-refractivity contribution is 0.102. The predicted molar refractivity (Wildman–Crippen MR) is 110 cm³/mol. The van der Waals surface area contributed by atoms with Crippen LogP contribution in [0.1, 0.15) is 10.4 Å². The zero-order valence-corrected chi connectivity index (χ0v) is 16.1. The van der Waals surface area contributed by atoms with Gasteiger partial charge in [-0.1, -0.05) is 11.3 Å². The molecule has 0 atom stereocenters. The van der Waals surface area contributed by atoms with Crippen LogP contribution < -0.4 is 14.8 Å². The van der Waals surface area contributed by atoms with Gasteiger partial charge in [0.25, 0.3) is 5.91 Å². The van der Waals surface area contributed by atoms with E-state index in [2.05, 4.69) is 15.3 Å². The minimum Gasteiger partial charge on any atom is -0.497 e. The lowest BCUT2D eigenvalue weighted by atomic mass is 10.1. The van der Waals surface area contributed by atoms with Gasteiger partial charge in [0.1, 0.15) is 26.9 Å². The zero-order valence-electron chi connectivity index (χ0n) is 15.3. The summed E-state index contributed by atoms with van der Waals surface area (Å²) in [6.45, 7) is 0. The van der Waals surface area contributed by atoms with E-state index in [4.69, 9.17) is 9.47 Å². The highest BCUT2D eigenvalue weighted by Crippen LogP contribution is 2.30. The van der Waals surface area contributed by atoms with E-state index in [1.54, 1.807) is 31.5 Å². The molecule has 140 valence electrons. The Bertz CT molecular complexity index is 1110. The van der Waals surface area contributed by atoms with Crippen LogP contribution in [-0.4, -0.2) is 30.1 Å². The quantitative estimate of drug-likeness (QED) is 0.537. The summed E-state index contributed by atoms with van der Waals surface area (Å²) in [5.41, 5.74) is 2.94. The number of rotatable bonds is 5. The van der Waals surface area contributed by atoms with Gasteiger partial charge < -0.3 is 14.8 Å². The first kappa shape index (κ1) is 17.9. The average molecular weight is 391 g/mol.